The van der Waals surface area contributed by atoms with Crippen molar-refractivity contribution >= 4 is 44.7 Å². The fourth-order valence-electron chi connectivity index (χ4n) is 3.18. The van der Waals surface area contributed by atoms with Gasteiger partial charge in [-0.05, 0) is 52.2 Å². The fraction of sp³-hybridized carbons (Fsp3) is 0.455. The molecule has 0 fully saturated rings. The molecular weight excluding hydrogens is 462 g/mol. The number of nitrogens with zero attached hydrogens (tertiary/aromatic N) is 2. The molecule has 1 aromatic carbocycles. The summed E-state index contributed by atoms with van der Waals surface area (Å²) in [6.07, 6.45) is 1.27. The largest absolute Gasteiger partial charge is 0.443 e. The monoisotopic (exact) mass is 493 g/mol. The van der Waals surface area contributed by atoms with Gasteiger partial charge in [-0.1, -0.05) is 18.2 Å². The lowest BCUT2D eigenvalue weighted by atomic mass is 10.1. The molecule has 2 rings (SSSR count). The molecule has 1 heterocycles. The summed E-state index contributed by atoms with van der Waals surface area (Å²) in [5, 5.41) is 11.4. The molecule has 0 aliphatic rings. The third-order valence-electron chi connectivity index (χ3n) is 4.59. The quantitative estimate of drug-likeness (QED) is 0.452. The molecular formula is C22H31N5O6S. The van der Waals surface area contributed by atoms with Crippen molar-refractivity contribution in [2.45, 2.75) is 58.6 Å². The van der Waals surface area contributed by atoms with Crippen molar-refractivity contribution in [2.24, 2.45) is 5.14 Å². The topological polar surface area (TPSA) is 161 Å². The third kappa shape index (κ3) is 8.27. The summed E-state index contributed by atoms with van der Waals surface area (Å²) in [7, 11) is -4.33. The molecule has 1 atom stereocenters. The summed E-state index contributed by atoms with van der Waals surface area (Å²) in [5.41, 5.74) is 0.218. The number of amides is 3. The number of benzene rings is 1. The van der Waals surface area contributed by atoms with E-state index in [1.807, 2.05) is 12.1 Å². The van der Waals surface area contributed by atoms with Gasteiger partial charge in [0.05, 0.1) is 11.2 Å². The zero-order valence-electron chi connectivity index (χ0n) is 19.7. The van der Waals surface area contributed by atoms with Gasteiger partial charge in [-0.15, -0.1) is 0 Å². The number of nitrogens with one attached hydrogen (secondary N) is 2. The number of para-hydroxylation sites is 1. The lowest BCUT2D eigenvalue weighted by Gasteiger charge is -2.25. The van der Waals surface area contributed by atoms with Gasteiger partial charge < -0.3 is 15.4 Å². The first-order chi connectivity index (χ1) is 15.8. The van der Waals surface area contributed by atoms with E-state index in [1.165, 1.54) is 6.92 Å². The van der Waals surface area contributed by atoms with Gasteiger partial charge in [-0.3, -0.25) is 14.6 Å². The Balaban J connectivity index is 2.03. The predicted octanol–water partition coefficient (Wildman–Crippen LogP) is 2.29. The van der Waals surface area contributed by atoms with Crippen molar-refractivity contribution in [1.29, 1.82) is 0 Å². The Morgan fingerprint density at radius 3 is 2.44 bits per heavy atom. The third-order valence-corrected chi connectivity index (χ3v) is 5.54. The smallest absolute Gasteiger partial charge is 0.425 e. The van der Waals surface area contributed by atoms with E-state index < -0.39 is 39.8 Å². The average Bonchev–Trinajstić information content (AvgIpc) is 2.70. The van der Waals surface area contributed by atoms with Crippen LogP contribution in [-0.2, 0) is 24.5 Å². The van der Waals surface area contributed by atoms with E-state index in [9.17, 15) is 22.8 Å². The van der Waals surface area contributed by atoms with E-state index in [0.29, 0.717) is 21.9 Å². The van der Waals surface area contributed by atoms with E-state index in [4.69, 9.17) is 9.88 Å². The number of fused-ring (bicyclic) bond motifs is 1. The van der Waals surface area contributed by atoms with E-state index in [0.717, 1.165) is 5.39 Å². The number of ether oxygens (including phenoxy) is 1. The lowest BCUT2D eigenvalue weighted by Crippen LogP contribution is -2.45. The summed E-state index contributed by atoms with van der Waals surface area (Å²) in [4.78, 5) is 41.0. The Morgan fingerprint density at radius 1 is 1.15 bits per heavy atom. The summed E-state index contributed by atoms with van der Waals surface area (Å²) in [6.45, 7) is 5.89. The maximum absolute atomic E-state index is 12.9. The summed E-state index contributed by atoms with van der Waals surface area (Å²) >= 11 is 0. The van der Waals surface area contributed by atoms with Crippen molar-refractivity contribution in [3.05, 3.63) is 36.5 Å². The minimum absolute atomic E-state index is 0.203. The second-order valence-electron chi connectivity index (χ2n) is 8.72. The zero-order chi connectivity index (χ0) is 25.5. The molecule has 11 nitrogen and oxygen atoms in total. The number of carbonyl (C=O) groups is 3. The number of carbonyl (C=O) groups excluding carboxylic acids is 3. The molecule has 0 bridgehead atoms. The van der Waals surface area contributed by atoms with Crippen LogP contribution >= 0.6 is 0 Å². The molecule has 1 aromatic heterocycles. The molecule has 12 heteroatoms. The molecule has 3 amide bonds. The number of rotatable bonds is 9. The van der Waals surface area contributed by atoms with Gasteiger partial charge in [0.2, 0.25) is 11.8 Å². The van der Waals surface area contributed by atoms with Crippen LogP contribution in [0.2, 0.25) is 0 Å². The highest BCUT2D eigenvalue weighted by Crippen LogP contribution is 2.21. The van der Waals surface area contributed by atoms with Gasteiger partial charge in [0.15, 0.2) is 0 Å². The molecule has 186 valence electrons. The minimum Gasteiger partial charge on any atom is -0.443 e. The molecule has 2 aromatic rings. The average molecular weight is 494 g/mol. The van der Waals surface area contributed by atoms with Gasteiger partial charge in [0.1, 0.15) is 11.6 Å². The van der Waals surface area contributed by atoms with Crippen molar-refractivity contribution in [3.8, 4) is 0 Å². The molecule has 0 saturated carbocycles. The van der Waals surface area contributed by atoms with Crippen LogP contribution in [0.1, 0.15) is 47.0 Å². The molecule has 1 unspecified atom stereocenters. The van der Waals surface area contributed by atoms with Gasteiger partial charge in [-0.25, -0.2) is 9.93 Å². The number of hydrogen-bond donors (Lipinski definition) is 3. The van der Waals surface area contributed by atoms with Crippen molar-refractivity contribution in [3.63, 3.8) is 0 Å². The highest BCUT2D eigenvalue weighted by molar-refractivity contribution is 7.87. The highest BCUT2D eigenvalue weighted by Gasteiger charge is 2.29. The fourth-order valence-corrected chi connectivity index (χ4v) is 3.81. The van der Waals surface area contributed by atoms with Crippen LogP contribution < -0.4 is 15.8 Å². The number of unbranched alkanes of at least 4 members (excludes halogenated alkanes) is 1. The normalized spacial score (nSPS) is 12.6. The maximum Gasteiger partial charge on any atom is 0.425 e. The Bertz CT molecular complexity index is 1140. The summed E-state index contributed by atoms with van der Waals surface area (Å²) in [5.74, 6) is -0.833. The van der Waals surface area contributed by atoms with Crippen LogP contribution in [0, 0.1) is 0 Å². The van der Waals surface area contributed by atoms with Gasteiger partial charge in [0.25, 0.3) is 0 Å². The zero-order valence-corrected chi connectivity index (χ0v) is 20.5. The SMILES string of the molecule is CC(=O)NC(CCCCN(C(=O)OC(C)(C)C)S(N)(=O)=O)C(=O)Nc1cccc2cccnc12. The van der Waals surface area contributed by atoms with E-state index in [1.54, 1.807) is 45.2 Å². The van der Waals surface area contributed by atoms with E-state index >= 15 is 0 Å². The number of nitrogens with two attached hydrogens (primary N) is 1. The van der Waals surface area contributed by atoms with Gasteiger partial charge in [-0.2, -0.15) is 12.7 Å². The van der Waals surface area contributed by atoms with Crippen molar-refractivity contribution in [1.82, 2.24) is 14.6 Å². The Hall–Kier alpha value is -3.25. The molecule has 34 heavy (non-hydrogen) atoms. The maximum atomic E-state index is 12.9. The predicted molar refractivity (Wildman–Crippen MR) is 128 cm³/mol. The molecule has 0 saturated heterocycles. The van der Waals surface area contributed by atoms with Crippen molar-refractivity contribution in [2.75, 3.05) is 11.9 Å². The molecule has 0 aliphatic heterocycles. The molecule has 4 N–H and O–H groups in total. The molecule has 0 spiro atoms. The van der Waals surface area contributed by atoms with Gasteiger partial charge in [0, 0.05) is 25.1 Å². The van der Waals surface area contributed by atoms with E-state index in [-0.39, 0.29) is 19.4 Å². The number of anilines is 1. The number of pyridine rings is 1. The van der Waals surface area contributed by atoms with Crippen LogP contribution in [-0.4, -0.2) is 53.8 Å². The van der Waals surface area contributed by atoms with Crippen LogP contribution in [0.4, 0.5) is 10.5 Å². The Labute approximate surface area is 199 Å². The van der Waals surface area contributed by atoms with Crippen molar-refractivity contribution < 1.29 is 27.5 Å². The van der Waals surface area contributed by atoms with Gasteiger partial charge >= 0.3 is 16.3 Å². The van der Waals surface area contributed by atoms with E-state index in [2.05, 4.69) is 15.6 Å². The standard InChI is InChI=1S/C22H31N5O6S/c1-15(28)25-18(20(29)26-17-12-7-9-16-10-8-13-24-19(16)17)11-5-6-14-27(34(23,31)32)21(30)33-22(2,3)4/h7-10,12-13,18H,5-6,11,14H2,1-4H3,(H,25,28)(H,26,29)(H2,23,31,32). The van der Waals surface area contributed by atoms with Crippen LogP contribution in [0.3, 0.4) is 0 Å². The molecule has 0 radical (unpaired) electrons. The second-order valence-corrected chi connectivity index (χ2v) is 10.2. The number of hydrogen-bond acceptors (Lipinski definition) is 7. The summed E-state index contributed by atoms with van der Waals surface area (Å²) < 4.78 is 29.2. The second kappa shape index (κ2) is 11.3. The first kappa shape index (κ1) is 27.0. The minimum atomic E-state index is -4.33. The Morgan fingerprint density at radius 2 is 1.82 bits per heavy atom. The first-order valence-electron chi connectivity index (χ1n) is 10.7. The Kier molecular flexibility index (Phi) is 8.93. The highest BCUT2D eigenvalue weighted by atomic mass is 32.2. The molecule has 0 aliphatic carbocycles. The number of aromatic nitrogens is 1. The first-order valence-corrected chi connectivity index (χ1v) is 12.2. The summed E-state index contributed by atoms with van der Waals surface area (Å²) in [6, 6.07) is 8.14. The van der Waals surface area contributed by atoms with Crippen LogP contribution in [0.25, 0.3) is 10.9 Å². The lowest BCUT2D eigenvalue weighted by molar-refractivity contribution is -0.125. The van der Waals surface area contributed by atoms with Crippen LogP contribution in [0.5, 0.6) is 0 Å². The van der Waals surface area contributed by atoms with Crippen LogP contribution in [0.15, 0.2) is 36.5 Å².